The van der Waals surface area contributed by atoms with Gasteiger partial charge in [-0.25, -0.2) is 4.84 Å². The summed E-state index contributed by atoms with van der Waals surface area (Å²) < 4.78 is 5.67. The molecule has 0 saturated heterocycles. The maximum Gasteiger partial charge on any atom is 0.109 e. The topological polar surface area (TPSA) is 18.5 Å². The lowest BCUT2D eigenvalue weighted by atomic mass is 10.3. The van der Waals surface area contributed by atoms with Crippen molar-refractivity contribution < 1.29 is 14.2 Å². The molecular formula is C9H22NO2+. The lowest BCUT2D eigenvalue weighted by Gasteiger charge is -2.28. The van der Waals surface area contributed by atoms with Gasteiger partial charge in [0.1, 0.15) is 13.1 Å². The molecule has 1 unspecified atom stereocenters. The van der Waals surface area contributed by atoms with E-state index in [-0.39, 0.29) is 0 Å². The summed E-state index contributed by atoms with van der Waals surface area (Å²) in [5.74, 6) is 0. The second kappa shape index (κ2) is 6.40. The molecule has 0 radical (unpaired) electrons. The van der Waals surface area contributed by atoms with Crippen LogP contribution in [-0.4, -0.2) is 45.6 Å². The smallest absolute Gasteiger partial charge is 0.109 e. The van der Waals surface area contributed by atoms with Crippen LogP contribution in [0.2, 0.25) is 0 Å². The van der Waals surface area contributed by atoms with Gasteiger partial charge in [0.15, 0.2) is 0 Å². The van der Waals surface area contributed by atoms with Crippen molar-refractivity contribution in [3.05, 3.63) is 0 Å². The Bertz CT molecular complexity index is 103. The fraction of sp³-hybridized carbons (Fsp3) is 1.00. The van der Waals surface area contributed by atoms with Gasteiger partial charge in [0.25, 0.3) is 0 Å². The third-order valence-electron chi connectivity index (χ3n) is 2.34. The molecule has 0 N–H and O–H groups in total. The molecule has 12 heavy (non-hydrogen) atoms. The van der Waals surface area contributed by atoms with Crippen molar-refractivity contribution in [3.63, 3.8) is 0 Å². The van der Waals surface area contributed by atoms with E-state index in [4.69, 9.17) is 9.57 Å². The molecule has 0 aromatic carbocycles. The number of hydrogen-bond acceptors (Lipinski definition) is 2. The van der Waals surface area contributed by atoms with Gasteiger partial charge in [-0.05, 0) is 13.3 Å². The zero-order valence-electron chi connectivity index (χ0n) is 8.80. The molecule has 0 aliphatic carbocycles. The Kier molecular flexibility index (Phi) is 6.34. The Morgan fingerprint density at radius 3 is 2.25 bits per heavy atom. The summed E-state index contributed by atoms with van der Waals surface area (Å²) in [6, 6.07) is 0. The molecule has 0 saturated carbocycles. The Balaban J connectivity index is 3.45. The van der Waals surface area contributed by atoms with E-state index in [2.05, 4.69) is 14.0 Å². The van der Waals surface area contributed by atoms with Crippen molar-refractivity contribution in [2.45, 2.75) is 19.8 Å². The summed E-state index contributed by atoms with van der Waals surface area (Å²) >= 11 is 0. The molecule has 0 aliphatic heterocycles. The second-order valence-electron chi connectivity index (χ2n) is 3.22. The molecule has 0 bridgehead atoms. The average Bonchev–Trinajstić information content (AvgIpc) is 2.12. The molecule has 0 aromatic rings. The lowest BCUT2D eigenvalue weighted by molar-refractivity contribution is -1.09. The lowest BCUT2D eigenvalue weighted by Crippen LogP contribution is -2.43. The van der Waals surface area contributed by atoms with Gasteiger partial charge in [0.2, 0.25) is 0 Å². The maximum atomic E-state index is 5.36. The number of nitrogens with zero attached hydrogens (tertiary/aromatic N) is 1. The maximum absolute atomic E-state index is 5.36. The molecule has 0 aliphatic rings. The number of rotatable bonds is 7. The van der Waals surface area contributed by atoms with Crippen LogP contribution in [0.3, 0.4) is 0 Å². The molecule has 0 fully saturated rings. The summed E-state index contributed by atoms with van der Waals surface area (Å²) in [7, 11) is 5.61. The Hall–Kier alpha value is -0.120. The molecule has 1 atom stereocenters. The van der Waals surface area contributed by atoms with Gasteiger partial charge in [-0.1, -0.05) is 0 Å². The molecule has 0 spiro atoms. The monoisotopic (exact) mass is 176 g/mol. The molecule has 3 heteroatoms. The summed E-state index contributed by atoms with van der Waals surface area (Å²) in [6.07, 6.45) is 2.28. The van der Waals surface area contributed by atoms with Crippen LogP contribution in [0.1, 0.15) is 19.8 Å². The molecular weight excluding hydrogens is 154 g/mol. The Morgan fingerprint density at radius 2 is 1.83 bits per heavy atom. The first kappa shape index (κ1) is 11.9. The molecule has 3 nitrogen and oxygen atoms in total. The van der Waals surface area contributed by atoms with Crippen LogP contribution in [0.5, 0.6) is 0 Å². The standard InChI is InChI=1S/C9H22NO2/c1-5-10(2,12-4)8-6-7-9-11-3/h5-9H2,1-4H3/q+1. The van der Waals surface area contributed by atoms with E-state index in [0.29, 0.717) is 4.65 Å². The van der Waals surface area contributed by atoms with E-state index < -0.39 is 0 Å². The van der Waals surface area contributed by atoms with Gasteiger partial charge >= 0.3 is 0 Å². The predicted molar refractivity (Wildman–Crippen MR) is 49.7 cm³/mol. The second-order valence-corrected chi connectivity index (χ2v) is 3.22. The highest BCUT2D eigenvalue weighted by Gasteiger charge is 2.17. The van der Waals surface area contributed by atoms with Crippen LogP contribution in [-0.2, 0) is 9.57 Å². The third-order valence-corrected chi connectivity index (χ3v) is 2.34. The van der Waals surface area contributed by atoms with Crippen molar-refractivity contribution in [2.24, 2.45) is 0 Å². The van der Waals surface area contributed by atoms with Gasteiger partial charge in [0, 0.05) is 20.1 Å². The Morgan fingerprint density at radius 1 is 1.17 bits per heavy atom. The van der Waals surface area contributed by atoms with E-state index in [1.54, 1.807) is 14.2 Å². The van der Waals surface area contributed by atoms with Gasteiger partial charge in [-0.2, -0.15) is 4.65 Å². The normalized spacial score (nSPS) is 16.0. The number of quaternary nitrogens is 1. The fourth-order valence-corrected chi connectivity index (χ4v) is 1.07. The first-order valence-electron chi connectivity index (χ1n) is 4.57. The highest BCUT2D eigenvalue weighted by atomic mass is 16.7. The van der Waals surface area contributed by atoms with E-state index in [1.165, 1.54) is 0 Å². The molecule has 0 aromatic heterocycles. The van der Waals surface area contributed by atoms with Crippen molar-refractivity contribution in [3.8, 4) is 0 Å². The zero-order valence-corrected chi connectivity index (χ0v) is 8.80. The van der Waals surface area contributed by atoms with Crippen LogP contribution in [0.25, 0.3) is 0 Å². The van der Waals surface area contributed by atoms with Gasteiger partial charge in [0.05, 0.1) is 14.2 Å². The van der Waals surface area contributed by atoms with Gasteiger partial charge < -0.3 is 4.74 Å². The van der Waals surface area contributed by atoms with Gasteiger partial charge in [-0.15, -0.1) is 0 Å². The number of unbranched alkanes of at least 4 members (excludes halogenated alkanes) is 1. The Labute approximate surface area is 75.8 Å². The quantitative estimate of drug-likeness (QED) is 0.332. The summed E-state index contributed by atoms with van der Waals surface area (Å²) in [4.78, 5) is 5.36. The number of hydrogen-bond donors (Lipinski definition) is 0. The van der Waals surface area contributed by atoms with E-state index in [9.17, 15) is 0 Å². The molecule has 0 amide bonds. The zero-order chi connectivity index (χ0) is 9.45. The van der Waals surface area contributed by atoms with Crippen LogP contribution in [0.15, 0.2) is 0 Å². The SMILES string of the molecule is CC[N+](C)(CCCCOC)OC. The van der Waals surface area contributed by atoms with Crippen LogP contribution < -0.4 is 0 Å². The van der Waals surface area contributed by atoms with Crippen molar-refractivity contribution in [1.82, 2.24) is 0 Å². The largest absolute Gasteiger partial charge is 0.385 e. The van der Waals surface area contributed by atoms with E-state index in [0.717, 1.165) is 32.5 Å². The van der Waals surface area contributed by atoms with Crippen LogP contribution in [0.4, 0.5) is 0 Å². The molecule has 74 valence electrons. The van der Waals surface area contributed by atoms with E-state index >= 15 is 0 Å². The highest BCUT2D eigenvalue weighted by molar-refractivity contribution is 4.36. The molecule has 0 rings (SSSR count). The minimum Gasteiger partial charge on any atom is -0.385 e. The minimum atomic E-state index is 0.698. The highest BCUT2D eigenvalue weighted by Crippen LogP contribution is 2.04. The van der Waals surface area contributed by atoms with Crippen LogP contribution >= 0.6 is 0 Å². The van der Waals surface area contributed by atoms with Gasteiger partial charge in [-0.3, -0.25) is 0 Å². The number of hydroxylamine groups is 3. The number of ether oxygens (including phenoxy) is 1. The van der Waals surface area contributed by atoms with E-state index in [1.807, 2.05) is 0 Å². The fourth-order valence-electron chi connectivity index (χ4n) is 1.07. The minimum absolute atomic E-state index is 0.698. The summed E-state index contributed by atoms with van der Waals surface area (Å²) in [5.41, 5.74) is 0. The third kappa shape index (κ3) is 4.70. The number of methoxy groups -OCH3 is 1. The first-order chi connectivity index (χ1) is 5.68. The van der Waals surface area contributed by atoms with Crippen molar-refractivity contribution >= 4 is 0 Å². The van der Waals surface area contributed by atoms with Crippen molar-refractivity contribution in [2.75, 3.05) is 41.0 Å². The predicted octanol–water partition coefficient (Wildman–Crippen LogP) is 1.44. The summed E-state index contributed by atoms with van der Waals surface area (Å²) in [6.45, 7) is 5.08. The first-order valence-corrected chi connectivity index (χ1v) is 4.57. The van der Waals surface area contributed by atoms with Crippen molar-refractivity contribution in [1.29, 1.82) is 0 Å². The summed E-state index contributed by atoms with van der Waals surface area (Å²) in [5, 5.41) is 0. The average molecular weight is 176 g/mol. The van der Waals surface area contributed by atoms with Crippen LogP contribution in [0, 0.1) is 0 Å². The molecule has 0 heterocycles.